The molecule has 6 nitrogen and oxygen atoms in total. The lowest BCUT2D eigenvalue weighted by atomic mass is 10.1. The van der Waals surface area contributed by atoms with Crippen LogP contribution in [0.25, 0.3) is 11.0 Å². The molecule has 0 unspecified atom stereocenters. The highest BCUT2D eigenvalue weighted by atomic mass is 19.3. The molecule has 146 valence electrons. The number of amides is 1. The van der Waals surface area contributed by atoms with E-state index in [-0.39, 0.29) is 29.2 Å². The number of benzene rings is 2. The summed E-state index contributed by atoms with van der Waals surface area (Å²) in [7, 11) is 1.32. The number of halogens is 2. The van der Waals surface area contributed by atoms with Gasteiger partial charge in [0, 0.05) is 12.6 Å². The maximum atomic E-state index is 12.4. The second-order valence-electron chi connectivity index (χ2n) is 6.02. The first-order valence-corrected chi connectivity index (χ1v) is 8.32. The molecule has 0 radical (unpaired) electrons. The molecule has 3 rings (SSSR count). The third-order valence-corrected chi connectivity index (χ3v) is 4.00. The Morgan fingerprint density at radius 2 is 1.93 bits per heavy atom. The van der Waals surface area contributed by atoms with E-state index in [2.05, 4.69) is 10.1 Å². The molecule has 8 heteroatoms. The first-order valence-electron chi connectivity index (χ1n) is 8.32. The molecule has 1 heterocycles. The van der Waals surface area contributed by atoms with Crippen molar-refractivity contribution in [3.63, 3.8) is 0 Å². The van der Waals surface area contributed by atoms with Crippen LogP contribution in [0.3, 0.4) is 0 Å². The molecule has 0 aliphatic heterocycles. The molecule has 0 saturated heterocycles. The highest BCUT2D eigenvalue weighted by molar-refractivity contribution is 5.93. The average molecular weight is 389 g/mol. The molecular formula is C20H17F2NO5. The molecule has 0 aliphatic carbocycles. The molecule has 1 amide bonds. The summed E-state index contributed by atoms with van der Waals surface area (Å²) in [5.74, 6) is -0.694. The van der Waals surface area contributed by atoms with Gasteiger partial charge in [0.1, 0.15) is 5.58 Å². The van der Waals surface area contributed by atoms with Crippen molar-refractivity contribution < 1.29 is 27.5 Å². The highest BCUT2D eigenvalue weighted by Crippen LogP contribution is 2.29. The first-order chi connectivity index (χ1) is 13.4. The standard InChI is InChI=1S/C20H17F2NO5/c1-11-3-5-15-13(7-11)14(24)9-18(27-15)19(25)23-10-12-4-6-16(28-20(21)22)17(8-12)26-2/h3-9,20H,10H2,1-2H3,(H,23,25). The van der Waals surface area contributed by atoms with Gasteiger partial charge in [-0.1, -0.05) is 17.7 Å². The van der Waals surface area contributed by atoms with Gasteiger partial charge < -0.3 is 19.2 Å². The predicted molar refractivity (Wildman–Crippen MR) is 98.0 cm³/mol. The van der Waals surface area contributed by atoms with Gasteiger partial charge in [-0.15, -0.1) is 0 Å². The van der Waals surface area contributed by atoms with Crippen LogP contribution >= 0.6 is 0 Å². The van der Waals surface area contributed by atoms with Crippen molar-refractivity contribution in [3.8, 4) is 11.5 Å². The van der Waals surface area contributed by atoms with Crippen LogP contribution in [0.5, 0.6) is 11.5 Å². The van der Waals surface area contributed by atoms with Gasteiger partial charge in [0.2, 0.25) is 0 Å². The topological polar surface area (TPSA) is 77.8 Å². The number of hydrogen-bond donors (Lipinski definition) is 1. The van der Waals surface area contributed by atoms with E-state index in [0.717, 1.165) is 11.6 Å². The van der Waals surface area contributed by atoms with Crippen LogP contribution in [-0.2, 0) is 6.54 Å². The molecule has 3 aromatic rings. The zero-order valence-corrected chi connectivity index (χ0v) is 15.1. The van der Waals surface area contributed by atoms with E-state index in [1.165, 1.54) is 25.3 Å². The van der Waals surface area contributed by atoms with Crippen LogP contribution in [0.2, 0.25) is 0 Å². The molecule has 0 aliphatic rings. The van der Waals surface area contributed by atoms with Gasteiger partial charge in [-0.2, -0.15) is 8.78 Å². The van der Waals surface area contributed by atoms with E-state index in [4.69, 9.17) is 9.15 Å². The fourth-order valence-electron chi connectivity index (χ4n) is 2.67. The normalized spacial score (nSPS) is 10.9. The minimum Gasteiger partial charge on any atom is -0.493 e. The lowest BCUT2D eigenvalue weighted by molar-refractivity contribution is -0.0512. The van der Waals surface area contributed by atoms with E-state index < -0.39 is 12.5 Å². The Kier molecular flexibility index (Phi) is 5.58. The molecular weight excluding hydrogens is 372 g/mol. The van der Waals surface area contributed by atoms with Crippen molar-refractivity contribution in [1.29, 1.82) is 0 Å². The second kappa shape index (κ2) is 8.08. The average Bonchev–Trinajstić information content (AvgIpc) is 2.66. The second-order valence-corrected chi connectivity index (χ2v) is 6.02. The van der Waals surface area contributed by atoms with Gasteiger partial charge >= 0.3 is 6.61 Å². The summed E-state index contributed by atoms with van der Waals surface area (Å²) in [5.41, 5.74) is 1.50. The number of methoxy groups -OCH3 is 1. The monoisotopic (exact) mass is 389 g/mol. The summed E-state index contributed by atoms with van der Waals surface area (Å²) in [4.78, 5) is 24.6. The van der Waals surface area contributed by atoms with Crippen LogP contribution < -0.4 is 20.2 Å². The summed E-state index contributed by atoms with van der Waals surface area (Å²) in [6, 6.07) is 10.6. The molecule has 0 spiro atoms. The number of fused-ring (bicyclic) bond motifs is 1. The Labute approximate surface area is 158 Å². The number of aryl methyl sites for hydroxylation is 1. The Hall–Kier alpha value is -3.42. The fourth-order valence-corrected chi connectivity index (χ4v) is 2.67. The third-order valence-electron chi connectivity index (χ3n) is 4.00. The maximum absolute atomic E-state index is 12.4. The highest BCUT2D eigenvalue weighted by Gasteiger charge is 2.14. The van der Waals surface area contributed by atoms with Crippen molar-refractivity contribution in [1.82, 2.24) is 5.32 Å². The van der Waals surface area contributed by atoms with Crippen LogP contribution in [0, 0.1) is 6.92 Å². The zero-order valence-electron chi connectivity index (χ0n) is 15.1. The van der Waals surface area contributed by atoms with Crippen molar-refractivity contribution in [2.24, 2.45) is 0 Å². The number of hydrogen-bond acceptors (Lipinski definition) is 5. The van der Waals surface area contributed by atoms with Crippen molar-refractivity contribution in [3.05, 3.63) is 69.6 Å². The molecule has 28 heavy (non-hydrogen) atoms. The number of nitrogens with one attached hydrogen (secondary N) is 1. The van der Waals surface area contributed by atoms with Crippen LogP contribution in [-0.4, -0.2) is 19.6 Å². The van der Waals surface area contributed by atoms with Crippen LogP contribution in [0.4, 0.5) is 8.78 Å². The summed E-state index contributed by atoms with van der Waals surface area (Å²) in [6.07, 6.45) is 0. The van der Waals surface area contributed by atoms with Crippen molar-refractivity contribution in [2.75, 3.05) is 7.11 Å². The molecule has 2 aromatic carbocycles. The van der Waals surface area contributed by atoms with E-state index in [9.17, 15) is 18.4 Å². The Morgan fingerprint density at radius 3 is 2.64 bits per heavy atom. The zero-order chi connectivity index (χ0) is 20.3. The summed E-state index contributed by atoms with van der Waals surface area (Å²) < 4.78 is 39.6. The molecule has 0 fully saturated rings. The van der Waals surface area contributed by atoms with Gasteiger partial charge in [0.05, 0.1) is 12.5 Å². The van der Waals surface area contributed by atoms with Crippen molar-refractivity contribution >= 4 is 16.9 Å². The molecule has 0 atom stereocenters. The van der Waals surface area contributed by atoms with Gasteiger partial charge in [0.25, 0.3) is 5.91 Å². The quantitative estimate of drug-likeness (QED) is 0.697. The summed E-state index contributed by atoms with van der Waals surface area (Å²) in [5, 5.41) is 3.01. The smallest absolute Gasteiger partial charge is 0.387 e. The van der Waals surface area contributed by atoms with E-state index in [1.54, 1.807) is 18.2 Å². The van der Waals surface area contributed by atoms with Crippen LogP contribution in [0.15, 0.2) is 51.7 Å². The lowest BCUT2D eigenvalue weighted by Crippen LogP contribution is -2.24. The van der Waals surface area contributed by atoms with Crippen LogP contribution in [0.1, 0.15) is 21.7 Å². The minimum absolute atomic E-state index is 0.0692. The Bertz CT molecular complexity index is 1080. The number of alkyl halides is 2. The SMILES string of the molecule is COc1cc(CNC(=O)c2cc(=O)c3cc(C)ccc3o2)ccc1OC(F)F. The first kappa shape index (κ1) is 19.3. The molecule has 1 aromatic heterocycles. The summed E-state index contributed by atoms with van der Waals surface area (Å²) >= 11 is 0. The third kappa shape index (κ3) is 4.28. The molecule has 0 bridgehead atoms. The van der Waals surface area contributed by atoms with E-state index in [1.807, 2.05) is 6.92 Å². The maximum Gasteiger partial charge on any atom is 0.387 e. The van der Waals surface area contributed by atoms with E-state index in [0.29, 0.717) is 16.5 Å². The van der Waals surface area contributed by atoms with Gasteiger partial charge in [-0.05, 0) is 36.8 Å². The van der Waals surface area contributed by atoms with Gasteiger partial charge in [0.15, 0.2) is 22.7 Å². The summed E-state index contributed by atoms with van der Waals surface area (Å²) in [6.45, 7) is -1.05. The predicted octanol–water partition coefficient (Wildman–Crippen LogP) is 3.64. The van der Waals surface area contributed by atoms with Gasteiger partial charge in [-0.3, -0.25) is 9.59 Å². The van der Waals surface area contributed by atoms with E-state index >= 15 is 0 Å². The Balaban J connectivity index is 1.76. The number of ether oxygens (including phenoxy) is 2. The minimum atomic E-state index is -2.97. The van der Waals surface area contributed by atoms with Gasteiger partial charge in [-0.25, -0.2) is 0 Å². The molecule has 0 saturated carbocycles. The Morgan fingerprint density at radius 1 is 1.14 bits per heavy atom. The number of rotatable bonds is 6. The number of carbonyl (C=O) groups excluding carboxylic acids is 1. The largest absolute Gasteiger partial charge is 0.493 e. The fraction of sp³-hybridized carbons (Fsp3) is 0.200. The lowest BCUT2D eigenvalue weighted by Gasteiger charge is -2.12. The number of carbonyl (C=O) groups is 1. The van der Waals surface area contributed by atoms with Crippen molar-refractivity contribution in [2.45, 2.75) is 20.1 Å². The molecule has 1 N–H and O–H groups in total.